The maximum absolute atomic E-state index is 15.0. The van der Waals surface area contributed by atoms with Crippen LogP contribution in [0.5, 0.6) is 0 Å². The molecule has 0 aliphatic heterocycles. The molecule has 0 radical (unpaired) electrons. The Hall–Kier alpha value is -3.44. The van der Waals surface area contributed by atoms with Crippen LogP contribution in [0.1, 0.15) is 37.7 Å². The average molecular weight is 448 g/mol. The predicted octanol–water partition coefficient (Wildman–Crippen LogP) is 3.15. The van der Waals surface area contributed by atoms with Gasteiger partial charge < -0.3 is 15.5 Å². The molecule has 0 bridgehead atoms. The van der Waals surface area contributed by atoms with Crippen LogP contribution in [0, 0.1) is 22.6 Å². The number of carbonyl (C=O) groups excluding carboxylic acids is 1. The summed E-state index contributed by atoms with van der Waals surface area (Å²) >= 11 is 0. The van der Waals surface area contributed by atoms with Crippen molar-refractivity contribution in [2.45, 2.75) is 50.1 Å². The molecule has 0 unspecified atom stereocenters. The Bertz CT molecular complexity index is 1360. The monoisotopic (exact) mass is 448 g/mol. The second kappa shape index (κ2) is 7.56. The Labute approximate surface area is 190 Å². The van der Waals surface area contributed by atoms with Crippen molar-refractivity contribution in [3.63, 3.8) is 0 Å². The third-order valence-corrected chi connectivity index (χ3v) is 7.49. The van der Waals surface area contributed by atoms with Gasteiger partial charge in [0.1, 0.15) is 17.4 Å². The smallest absolute Gasteiger partial charge is 0.408 e. The summed E-state index contributed by atoms with van der Waals surface area (Å²) in [5.41, 5.74) is 8.20. The number of oxazole rings is 1. The highest BCUT2D eigenvalue weighted by Gasteiger charge is 2.63. The number of nitrogens with one attached hydrogen (secondary N) is 1. The molecule has 170 valence electrons. The lowest BCUT2D eigenvalue weighted by Crippen LogP contribution is -2.59. The Morgan fingerprint density at radius 3 is 2.67 bits per heavy atom. The van der Waals surface area contributed by atoms with Crippen molar-refractivity contribution in [2.24, 2.45) is 18.2 Å². The van der Waals surface area contributed by atoms with Gasteiger partial charge in [0.15, 0.2) is 5.58 Å². The first-order chi connectivity index (χ1) is 15.8. The molecule has 2 saturated carbocycles. The molecule has 2 fully saturated rings. The fourth-order valence-electron chi connectivity index (χ4n) is 5.23. The van der Waals surface area contributed by atoms with Crippen molar-refractivity contribution < 1.29 is 13.6 Å². The number of nitriles is 1. The molecule has 1 amide bonds. The van der Waals surface area contributed by atoms with E-state index < -0.39 is 23.2 Å². The number of aromatic nitrogens is 1. The van der Waals surface area contributed by atoms with Crippen LogP contribution in [0.25, 0.3) is 22.2 Å². The molecular weight excluding hydrogens is 423 g/mol. The molecule has 8 heteroatoms. The first-order valence-corrected chi connectivity index (χ1v) is 11.1. The molecule has 2 atom stereocenters. The molecule has 3 N–H and O–H groups in total. The van der Waals surface area contributed by atoms with Gasteiger partial charge in [-0.05, 0) is 66.0 Å². The summed E-state index contributed by atoms with van der Waals surface area (Å²) in [5, 5.41) is 12.4. The van der Waals surface area contributed by atoms with E-state index in [1.165, 1.54) is 10.6 Å². The van der Waals surface area contributed by atoms with Gasteiger partial charge in [0, 0.05) is 13.5 Å². The van der Waals surface area contributed by atoms with Crippen LogP contribution in [-0.2, 0) is 18.3 Å². The summed E-state index contributed by atoms with van der Waals surface area (Å²) in [5.74, 6) is -1.23. The third-order valence-electron chi connectivity index (χ3n) is 7.49. The second-order valence-corrected chi connectivity index (χ2v) is 9.38. The zero-order chi connectivity index (χ0) is 23.4. The lowest BCUT2D eigenvalue weighted by molar-refractivity contribution is -0.128. The van der Waals surface area contributed by atoms with E-state index in [-0.39, 0.29) is 17.7 Å². The van der Waals surface area contributed by atoms with Gasteiger partial charge in [-0.1, -0.05) is 24.6 Å². The first-order valence-electron chi connectivity index (χ1n) is 11.1. The van der Waals surface area contributed by atoms with E-state index in [4.69, 9.17) is 10.2 Å². The van der Waals surface area contributed by atoms with Crippen LogP contribution in [-0.4, -0.2) is 22.1 Å². The Balaban J connectivity index is 1.34. The van der Waals surface area contributed by atoms with Crippen molar-refractivity contribution in [3.8, 4) is 17.2 Å². The van der Waals surface area contributed by atoms with E-state index in [2.05, 4.69) is 11.4 Å². The standard InChI is InChI=1S/C25H25FN4O3/c1-30-20-13-16(5-6-21(20)33-23(30)32)15-3-4-17(19(26)12-15)11-18(14-27)29-22(31)25(28)8-2-7-24(25)9-10-24/h3-6,12-13,18H,2,7-11,28H2,1H3,(H,29,31)/t18-,25+/m0/s1. The van der Waals surface area contributed by atoms with Gasteiger partial charge >= 0.3 is 5.76 Å². The van der Waals surface area contributed by atoms with Gasteiger partial charge in [-0.2, -0.15) is 5.26 Å². The highest BCUT2D eigenvalue weighted by atomic mass is 19.1. The second-order valence-electron chi connectivity index (χ2n) is 9.38. The fourth-order valence-corrected chi connectivity index (χ4v) is 5.23. The summed E-state index contributed by atoms with van der Waals surface area (Å²) in [6.07, 6.45) is 4.42. The molecule has 33 heavy (non-hydrogen) atoms. The minimum atomic E-state index is -0.934. The summed E-state index contributed by atoms with van der Waals surface area (Å²) in [7, 11) is 1.61. The Morgan fingerprint density at radius 2 is 1.97 bits per heavy atom. The number of nitrogens with zero attached hydrogens (tertiary/aromatic N) is 2. The first kappa shape index (κ1) is 21.4. The largest absolute Gasteiger partial charge is 0.419 e. The molecule has 5 rings (SSSR count). The van der Waals surface area contributed by atoms with Gasteiger partial charge in [-0.15, -0.1) is 0 Å². The van der Waals surface area contributed by atoms with Crippen molar-refractivity contribution in [2.75, 3.05) is 0 Å². The van der Waals surface area contributed by atoms with Crippen molar-refractivity contribution in [1.29, 1.82) is 5.26 Å². The summed E-state index contributed by atoms with van der Waals surface area (Å²) in [6, 6.07) is 11.2. The van der Waals surface area contributed by atoms with Crippen molar-refractivity contribution in [1.82, 2.24) is 9.88 Å². The number of hydrogen-bond donors (Lipinski definition) is 2. The minimum absolute atomic E-state index is 0.0483. The molecule has 1 heterocycles. The van der Waals surface area contributed by atoms with Crippen LogP contribution in [0.2, 0.25) is 0 Å². The van der Waals surface area contributed by atoms with E-state index in [9.17, 15) is 19.2 Å². The molecule has 1 aromatic heterocycles. The third kappa shape index (κ3) is 3.44. The Morgan fingerprint density at radius 1 is 1.24 bits per heavy atom. The van der Waals surface area contributed by atoms with Gasteiger partial charge in [0.25, 0.3) is 0 Å². The van der Waals surface area contributed by atoms with E-state index >= 15 is 0 Å². The number of carbonyl (C=O) groups is 1. The molecule has 2 aliphatic rings. The number of aryl methyl sites for hydroxylation is 1. The summed E-state index contributed by atoms with van der Waals surface area (Å²) in [6.45, 7) is 0. The molecular formula is C25H25FN4O3. The molecule has 7 nitrogen and oxygen atoms in total. The average Bonchev–Trinajstić information content (AvgIpc) is 3.45. The Kier molecular flexibility index (Phi) is 4.91. The highest BCUT2D eigenvalue weighted by Crippen LogP contribution is 2.62. The van der Waals surface area contributed by atoms with Crippen LogP contribution in [0.3, 0.4) is 0 Å². The molecule has 2 aromatic carbocycles. The number of rotatable bonds is 5. The van der Waals surface area contributed by atoms with Gasteiger partial charge in [0.2, 0.25) is 5.91 Å². The van der Waals surface area contributed by atoms with E-state index in [1.54, 1.807) is 37.4 Å². The summed E-state index contributed by atoms with van der Waals surface area (Å²) in [4.78, 5) is 24.6. The van der Waals surface area contributed by atoms with Crippen molar-refractivity contribution >= 4 is 17.0 Å². The van der Waals surface area contributed by atoms with Crippen LogP contribution >= 0.6 is 0 Å². The van der Waals surface area contributed by atoms with Gasteiger partial charge in [-0.25, -0.2) is 9.18 Å². The number of fused-ring (bicyclic) bond motifs is 1. The fraction of sp³-hybridized carbons (Fsp3) is 0.400. The topological polar surface area (TPSA) is 114 Å². The molecule has 3 aromatic rings. The maximum Gasteiger partial charge on any atom is 0.419 e. The zero-order valence-electron chi connectivity index (χ0n) is 18.4. The van der Waals surface area contributed by atoms with Crippen LogP contribution in [0.15, 0.2) is 45.6 Å². The molecule has 2 aliphatic carbocycles. The van der Waals surface area contributed by atoms with Gasteiger partial charge in [-0.3, -0.25) is 9.36 Å². The lowest BCUT2D eigenvalue weighted by Gasteiger charge is -2.31. The van der Waals surface area contributed by atoms with Crippen molar-refractivity contribution in [3.05, 3.63) is 58.3 Å². The minimum Gasteiger partial charge on any atom is -0.408 e. The number of halogens is 1. The van der Waals surface area contributed by atoms with Crippen LogP contribution in [0.4, 0.5) is 4.39 Å². The highest BCUT2D eigenvalue weighted by molar-refractivity contribution is 5.88. The van der Waals surface area contributed by atoms with E-state index in [1.807, 2.05) is 0 Å². The molecule has 1 spiro atoms. The van der Waals surface area contributed by atoms with E-state index in [0.29, 0.717) is 28.6 Å². The van der Waals surface area contributed by atoms with E-state index in [0.717, 1.165) is 31.2 Å². The normalized spacial score (nSPS) is 21.8. The maximum atomic E-state index is 15.0. The number of amides is 1. The number of nitrogens with two attached hydrogens (primary N) is 1. The van der Waals surface area contributed by atoms with Crippen LogP contribution < -0.4 is 16.8 Å². The predicted molar refractivity (Wildman–Crippen MR) is 121 cm³/mol. The summed E-state index contributed by atoms with van der Waals surface area (Å²) < 4.78 is 21.5. The number of benzene rings is 2. The SMILES string of the molecule is Cn1c(=O)oc2ccc(-c3ccc(C[C@@H](C#N)NC(=O)[C@]4(N)CCCC45CC5)c(F)c3)cc21. The zero-order valence-corrected chi connectivity index (χ0v) is 18.4. The quantitative estimate of drug-likeness (QED) is 0.622. The number of hydrogen-bond acceptors (Lipinski definition) is 5. The van der Waals surface area contributed by atoms with Gasteiger partial charge in [0.05, 0.1) is 11.6 Å². The molecule has 0 saturated heterocycles. The lowest BCUT2D eigenvalue weighted by atomic mass is 9.83.